The van der Waals surface area contributed by atoms with Gasteiger partial charge in [0.15, 0.2) is 5.96 Å². The van der Waals surface area contributed by atoms with E-state index in [-0.39, 0.29) is 6.10 Å². The number of nitrogens with one attached hydrogen (secondary N) is 2. The van der Waals surface area contributed by atoms with E-state index >= 15 is 0 Å². The molecule has 0 saturated carbocycles. The first-order valence-electron chi connectivity index (χ1n) is 6.88. The topological polar surface area (TPSA) is 45.7 Å². The Morgan fingerprint density at radius 3 is 2.45 bits per heavy atom. The fraction of sp³-hybridized carbons (Fsp3) is 0.533. The van der Waals surface area contributed by atoms with Crippen molar-refractivity contribution in [1.82, 2.24) is 10.6 Å². The van der Waals surface area contributed by atoms with Crippen molar-refractivity contribution in [2.75, 3.05) is 20.1 Å². The molecule has 1 aromatic carbocycles. The van der Waals surface area contributed by atoms with Crippen LogP contribution in [0, 0.1) is 5.92 Å². The molecule has 0 aliphatic rings. The molecule has 0 heterocycles. The Morgan fingerprint density at radius 2 is 1.85 bits per heavy atom. The standard InChI is InChI=1S/C15H24BrN3O/c1-11(2)9-18-15(17-4)19-10-12(3)20-14-8-6-5-7-13(14)16/h5-8,11-12H,9-10H2,1-4H3,(H2,17,18,19). The van der Waals surface area contributed by atoms with Crippen LogP contribution in [0.25, 0.3) is 0 Å². The summed E-state index contributed by atoms with van der Waals surface area (Å²) in [6.07, 6.45) is 0.0475. The van der Waals surface area contributed by atoms with Gasteiger partial charge in [-0.1, -0.05) is 26.0 Å². The summed E-state index contributed by atoms with van der Waals surface area (Å²) in [7, 11) is 1.77. The third-order valence-corrected chi connectivity index (χ3v) is 3.28. The van der Waals surface area contributed by atoms with Crippen LogP contribution in [0.15, 0.2) is 33.7 Å². The molecule has 0 saturated heterocycles. The van der Waals surface area contributed by atoms with E-state index in [4.69, 9.17) is 4.74 Å². The Morgan fingerprint density at radius 1 is 1.20 bits per heavy atom. The number of nitrogens with zero attached hydrogens (tertiary/aromatic N) is 1. The lowest BCUT2D eigenvalue weighted by molar-refractivity contribution is 0.222. The molecule has 0 aromatic heterocycles. The van der Waals surface area contributed by atoms with E-state index < -0.39 is 0 Å². The monoisotopic (exact) mass is 341 g/mol. The van der Waals surface area contributed by atoms with Crippen molar-refractivity contribution in [2.45, 2.75) is 26.9 Å². The van der Waals surface area contributed by atoms with Gasteiger partial charge in [0.25, 0.3) is 0 Å². The van der Waals surface area contributed by atoms with E-state index in [2.05, 4.69) is 45.4 Å². The van der Waals surface area contributed by atoms with E-state index in [0.717, 1.165) is 22.7 Å². The molecule has 0 aliphatic heterocycles. The zero-order valence-electron chi connectivity index (χ0n) is 12.6. The molecule has 4 nitrogen and oxygen atoms in total. The van der Waals surface area contributed by atoms with Gasteiger partial charge in [0.2, 0.25) is 0 Å². The molecule has 1 atom stereocenters. The van der Waals surface area contributed by atoms with Crippen LogP contribution in [-0.2, 0) is 0 Å². The fourth-order valence-corrected chi connectivity index (χ4v) is 1.94. The third kappa shape index (κ3) is 6.28. The quantitative estimate of drug-likeness (QED) is 0.617. The number of hydrogen-bond acceptors (Lipinski definition) is 2. The van der Waals surface area contributed by atoms with E-state index in [1.807, 2.05) is 31.2 Å². The number of benzene rings is 1. The Balaban J connectivity index is 2.39. The van der Waals surface area contributed by atoms with Gasteiger partial charge in [-0.3, -0.25) is 4.99 Å². The molecule has 0 amide bonds. The summed E-state index contributed by atoms with van der Waals surface area (Å²) in [5, 5.41) is 6.54. The molecule has 1 rings (SSSR count). The summed E-state index contributed by atoms with van der Waals surface area (Å²) in [5.74, 6) is 2.25. The van der Waals surface area contributed by atoms with E-state index in [1.54, 1.807) is 7.05 Å². The highest BCUT2D eigenvalue weighted by atomic mass is 79.9. The number of para-hydroxylation sites is 1. The molecule has 112 valence electrons. The van der Waals surface area contributed by atoms with Crippen LogP contribution < -0.4 is 15.4 Å². The van der Waals surface area contributed by atoms with Gasteiger partial charge in [0.05, 0.1) is 11.0 Å². The highest BCUT2D eigenvalue weighted by Gasteiger charge is 2.07. The van der Waals surface area contributed by atoms with Gasteiger partial charge in [-0.25, -0.2) is 0 Å². The van der Waals surface area contributed by atoms with Gasteiger partial charge < -0.3 is 15.4 Å². The number of halogens is 1. The lowest BCUT2D eigenvalue weighted by Crippen LogP contribution is -2.42. The van der Waals surface area contributed by atoms with Crippen LogP contribution in [0.2, 0.25) is 0 Å². The predicted molar refractivity (Wildman–Crippen MR) is 88.4 cm³/mol. The fourth-order valence-electron chi connectivity index (χ4n) is 1.56. The summed E-state index contributed by atoms with van der Waals surface area (Å²) in [6.45, 7) is 7.96. The smallest absolute Gasteiger partial charge is 0.191 e. The SMILES string of the molecule is CN=C(NCC(C)C)NCC(C)Oc1ccccc1Br. The van der Waals surface area contributed by atoms with Crippen LogP contribution in [0.1, 0.15) is 20.8 Å². The summed E-state index contributed by atoms with van der Waals surface area (Å²) in [6, 6.07) is 7.85. The van der Waals surface area contributed by atoms with Gasteiger partial charge in [-0.05, 0) is 40.9 Å². The first kappa shape index (κ1) is 16.8. The van der Waals surface area contributed by atoms with Gasteiger partial charge in [0, 0.05) is 13.6 Å². The normalized spacial score (nSPS) is 13.2. The Bertz CT molecular complexity index is 435. The minimum absolute atomic E-state index is 0.0475. The van der Waals surface area contributed by atoms with Crippen molar-refractivity contribution in [3.05, 3.63) is 28.7 Å². The average Bonchev–Trinajstić information content (AvgIpc) is 2.41. The second-order valence-corrected chi connectivity index (χ2v) is 5.94. The summed E-state index contributed by atoms with van der Waals surface area (Å²) >= 11 is 3.48. The predicted octanol–water partition coefficient (Wildman–Crippen LogP) is 3.04. The molecule has 1 aromatic rings. The Kier molecular flexibility index (Phi) is 7.44. The third-order valence-electron chi connectivity index (χ3n) is 2.62. The highest BCUT2D eigenvalue weighted by molar-refractivity contribution is 9.10. The zero-order chi connectivity index (χ0) is 15.0. The van der Waals surface area contributed by atoms with Crippen LogP contribution in [0.3, 0.4) is 0 Å². The first-order chi connectivity index (χ1) is 9.52. The molecule has 2 N–H and O–H groups in total. The largest absolute Gasteiger partial charge is 0.488 e. The molecular formula is C15H24BrN3O. The molecule has 0 radical (unpaired) electrons. The van der Waals surface area contributed by atoms with Crippen molar-refractivity contribution >= 4 is 21.9 Å². The van der Waals surface area contributed by atoms with E-state index in [9.17, 15) is 0 Å². The maximum atomic E-state index is 5.87. The molecule has 1 unspecified atom stereocenters. The lowest BCUT2D eigenvalue weighted by atomic mass is 10.2. The van der Waals surface area contributed by atoms with E-state index in [0.29, 0.717) is 12.5 Å². The summed E-state index contributed by atoms with van der Waals surface area (Å²) in [5.41, 5.74) is 0. The molecule has 0 bridgehead atoms. The second-order valence-electron chi connectivity index (χ2n) is 5.09. The Labute approximate surface area is 130 Å². The molecule has 0 aliphatic carbocycles. The maximum Gasteiger partial charge on any atom is 0.191 e. The van der Waals surface area contributed by atoms with Gasteiger partial charge >= 0.3 is 0 Å². The van der Waals surface area contributed by atoms with Gasteiger partial charge in [0.1, 0.15) is 11.9 Å². The van der Waals surface area contributed by atoms with Crippen LogP contribution in [-0.4, -0.2) is 32.2 Å². The van der Waals surface area contributed by atoms with Crippen molar-refractivity contribution in [1.29, 1.82) is 0 Å². The molecule has 20 heavy (non-hydrogen) atoms. The summed E-state index contributed by atoms with van der Waals surface area (Å²) < 4.78 is 6.84. The molecule has 0 spiro atoms. The van der Waals surface area contributed by atoms with Crippen molar-refractivity contribution < 1.29 is 4.74 Å². The first-order valence-corrected chi connectivity index (χ1v) is 7.68. The number of hydrogen-bond donors (Lipinski definition) is 2. The number of aliphatic imine (C=N–C) groups is 1. The molecular weight excluding hydrogens is 318 g/mol. The van der Waals surface area contributed by atoms with Crippen LogP contribution in [0.4, 0.5) is 0 Å². The Hall–Kier alpha value is -1.23. The minimum Gasteiger partial charge on any atom is -0.488 e. The number of ether oxygens (including phenoxy) is 1. The summed E-state index contributed by atoms with van der Waals surface area (Å²) in [4.78, 5) is 4.19. The second kappa shape index (κ2) is 8.84. The maximum absolute atomic E-state index is 5.87. The van der Waals surface area contributed by atoms with E-state index in [1.165, 1.54) is 0 Å². The lowest BCUT2D eigenvalue weighted by Gasteiger charge is -2.19. The number of guanidine groups is 1. The van der Waals surface area contributed by atoms with Crippen molar-refractivity contribution in [2.24, 2.45) is 10.9 Å². The number of rotatable bonds is 6. The van der Waals surface area contributed by atoms with Gasteiger partial charge in [-0.15, -0.1) is 0 Å². The molecule has 0 fully saturated rings. The highest BCUT2D eigenvalue weighted by Crippen LogP contribution is 2.24. The minimum atomic E-state index is 0.0475. The van der Waals surface area contributed by atoms with Gasteiger partial charge in [-0.2, -0.15) is 0 Å². The zero-order valence-corrected chi connectivity index (χ0v) is 14.2. The van der Waals surface area contributed by atoms with Crippen molar-refractivity contribution in [3.63, 3.8) is 0 Å². The molecule has 5 heteroatoms. The van der Waals surface area contributed by atoms with Crippen LogP contribution >= 0.6 is 15.9 Å². The van der Waals surface area contributed by atoms with Crippen molar-refractivity contribution in [3.8, 4) is 5.75 Å². The van der Waals surface area contributed by atoms with Crippen LogP contribution in [0.5, 0.6) is 5.75 Å². The average molecular weight is 342 g/mol.